The Morgan fingerprint density at radius 1 is 1.46 bits per heavy atom. The highest BCUT2D eigenvalue weighted by atomic mass is 16.7. The first-order valence-electron chi connectivity index (χ1n) is 3.95. The van der Waals surface area contributed by atoms with Crippen LogP contribution in [0.15, 0.2) is 0 Å². The van der Waals surface area contributed by atoms with Gasteiger partial charge in [-0.3, -0.25) is 0 Å². The van der Waals surface area contributed by atoms with Crippen LogP contribution in [0.5, 0.6) is 0 Å². The van der Waals surface area contributed by atoms with Gasteiger partial charge in [-0.25, -0.2) is 0 Å². The fourth-order valence-corrected chi connectivity index (χ4v) is 1.35. The summed E-state index contributed by atoms with van der Waals surface area (Å²) in [6, 6.07) is 0. The average Bonchev–Trinajstić information content (AvgIpc) is 2.40. The highest BCUT2D eigenvalue weighted by molar-refractivity contribution is 4.90. The molecule has 6 nitrogen and oxygen atoms in total. The van der Waals surface area contributed by atoms with Crippen LogP contribution in [0.4, 0.5) is 0 Å². The summed E-state index contributed by atoms with van der Waals surface area (Å²) < 4.78 is 9.54. The molecule has 0 spiro atoms. The monoisotopic (exact) mass is 194 g/mol. The first-order chi connectivity index (χ1) is 6.11. The Bertz CT molecular complexity index is 163. The zero-order valence-corrected chi connectivity index (χ0v) is 7.20. The van der Waals surface area contributed by atoms with E-state index < -0.39 is 37.3 Å². The van der Waals surface area contributed by atoms with Crippen molar-refractivity contribution in [2.75, 3.05) is 13.7 Å². The van der Waals surface area contributed by atoms with Crippen molar-refractivity contribution in [1.29, 1.82) is 0 Å². The summed E-state index contributed by atoms with van der Waals surface area (Å²) in [6.45, 7) is -0.537. The van der Waals surface area contributed by atoms with Gasteiger partial charge < -0.3 is 29.9 Å². The molecule has 4 N–H and O–H groups in total. The molecular formula is C7H14O6. The molecule has 6 heteroatoms. The second-order valence-corrected chi connectivity index (χ2v) is 2.93. The average molecular weight is 194 g/mol. The molecule has 0 aromatic carbocycles. The predicted molar refractivity (Wildman–Crippen MR) is 40.8 cm³/mol. The number of methoxy groups -OCH3 is 1. The molecule has 0 saturated carbocycles. The van der Waals surface area contributed by atoms with E-state index in [-0.39, 0.29) is 0 Å². The van der Waals surface area contributed by atoms with Crippen LogP contribution in [-0.4, -0.2) is 64.8 Å². The van der Waals surface area contributed by atoms with Gasteiger partial charge in [0, 0.05) is 7.11 Å². The number of aliphatic hydroxyl groups excluding tert-OH is 4. The van der Waals surface area contributed by atoms with E-state index in [1.165, 1.54) is 7.11 Å². The van der Waals surface area contributed by atoms with Crippen LogP contribution in [-0.2, 0) is 9.47 Å². The zero-order valence-electron chi connectivity index (χ0n) is 7.20. The molecule has 78 valence electrons. The van der Waals surface area contributed by atoms with Crippen molar-refractivity contribution < 1.29 is 29.9 Å². The lowest BCUT2D eigenvalue weighted by Gasteiger charge is -2.19. The highest BCUT2D eigenvalue weighted by Crippen LogP contribution is 2.23. The third kappa shape index (κ3) is 1.98. The van der Waals surface area contributed by atoms with Crippen LogP contribution in [0.25, 0.3) is 0 Å². The maximum Gasteiger partial charge on any atom is 0.184 e. The van der Waals surface area contributed by atoms with Crippen LogP contribution >= 0.6 is 0 Å². The highest BCUT2D eigenvalue weighted by Gasteiger charge is 2.46. The van der Waals surface area contributed by atoms with E-state index in [0.29, 0.717) is 0 Å². The summed E-state index contributed by atoms with van der Waals surface area (Å²) in [6.07, 6.45) is -5.52. The Balaban J connectivity index is 2.61. The van der Waals surface area contributed by atoms with Crippen molar-refractivity contribution in [1.82, 2.24) is 0 Å². The summed E-state index contributed by atoms with van der Waals surface area (Å²) in [7, 11) is 1.31. The van der Waals surface area contributed by atoms with Crippen molar-refractivity contribution >= 4 is 0 Å². The zero-order chi connectivity index (χ0) is 10.0. The number of hydrogen-bond acceptors (Lipinski definition) is 6. The maximum absolute atomic E-state index is 9.44. The van der Waals surface area contributed by atoms with Gasteiger partial charge in [0.1, 0.15) is 24.4 Å². The van der Waals surface area contributed by atoms with Gasteiger partial charge in [0.15, 0.2) is 6.29 Å². The Morgan fingerprint density at radius 3 is 2.46 bits per heavy atom. The molecule has 0 radical (unpaired) electrons. The Morgan fingerprint density at radius 2 is 2.08 bits per heavy atom. The minimum Gasteiger partial charge on any atom is -0.394 e. The van der Waals surface area contributed by atoms with Gasteiger partial charge in [0.2, 0.25) is 0 Å². The third-order valence-electron chi connectivity index (χ3n) is 2.09. The molecule has 1 aliphatic heterocycles. The Labute approximate surface area is 75.3 Å². The predicted octanol–water partition coefficient (Wildman–Crippen LogP) is -2.57. The molecule has 0 unspecified atom stereocenters. The van der Waals surface area contributed by atoms with E-state index in [0.717, 1.165) is 0 Å². The summed E-state index contributed by atoms with van der Waals surface area (Å²) in [4.78, 5) is 0. The van der Waals surface area contributed by atoms with Crippen molar-refractivity contribution in [3.63, 3.8) is 0 Å². The molecular weight excluding hydrogens is 180 g/mol. The minimum absolute atomic E-state index is 0.537. The second-order valence-electron chi connectivity index (χ2n) is 2.93. The lowest BCUT2D eigenvalue weighted by Crippen LogP contribution is -2.41. The van der Waals surface area contributed by atoms with Gasteiger partial charge in [0.25, 0.3) is 0 Å². The van der Waals surface area contributed by atoms with E-state index in [2.05, 4.69) is 0 Å². The number of ether oxygens (including phenoxy) is 2. The topological polar surface area (TPSA) is 99.4 Å². The molecule has 0 aromatic rings. The van der Waals surface area contributed by atoms with E-state index >= 15 is 0 Å². The smallest absolute Gasteiger partial charge is 0.184 e. The maximum atomic E-state index is 9.44. The van der Waals surface area contributed by atoms with Crippen molar-refractivity contribution in [2.24, 2.45) is 0 Å². The van der Waals surface area contributed by atoms with Crippen LogP contribution < -0.4 is 0 Å². The largest absolute Gasteiger partial charge is 0.394 e. The number of aliphatic hydroxyl groups is 4. The minimum atomic E-state index is -1.27. The summed E-state index contributed by atoms with van der Waals surface area (Å²) in [5.41, 5.74) is 0. The molecule has 0 aromatic heterocycles. The van der Waals surface area contributed by atoms with Crippen molar-refractivity contribution in [3.05, 3.63) is 0 Å². The Hall–Kier alpha value is -0.240. The first kappa shape index (κ1) is 10.8. The van der Waals surface area contributed by atoms with Gasteiger partial charge in [-0.2, -0.15) is 0 Å². The van der Waals surface area contributed by atoms with Gasteiger partial charge in [-0.1, -0.05) is 0 Å². The van der Waals surface area contributed by atoms with E-state index in [9.17, 15) is 10.2 Å². The second kappa shape index (κ2) is 4.32. The number of hydrogen-bond donors (Lipinski definition) is 4. The van der Waals surface area contributed by atoms with E-state index in [1.54, 1.807) is 0 Å². The molecule has 13 heavy (non-hydrogen) atoms. The lowest BCUT2D eigenvalue weighted by molar-refractivity contribution is -0.154. The van der Waals surface area contributed by atoms with Gasteiger partial charge in [0.05, 0.1) is 6.61 Å². The molecule has 1 aliphatic rings. The fraction of sp³-hybridized carbons (Fsp3) is 1.00. The van der Waals surface area contributed by atoms with E-state index in [1.807, 2.05) is 0 Å². The summed E-state index contributed by atoms with van der Waals surface area (Å²) >= 11 is 0. The van der Waals surface area contributed by atoms with E-state index in [4.69, 9.17) is 19.7 Å². The molecule has 0 amide bonds. The van der Waals surface area contributed by atoms with Crippen molar-refractivity contribution in [3.8, 4) is 0 Å². The molecule has 1 saturated heterocycles. The molecule has 0 aliphatic carbocycles. The lowest BCUT2D eigenvalue weighted by atomic mass is 10.1. The fourth-order valence-electron chi connectivity index (χ4n) is 1.35. The Kier molecular flexibility index (Phi) is 3.60. The number of rotatable bonds is 3. The third-order valence-corrected chi connectivity index (χ3v) is 2.09. The van der Waals surface area contributed by atoms with Crippen LogP contribution in [0.3, 0.4) is 0 Å². The first-order valence-corrected chi connectivity index (χ1v) is 3.95. The SMILES string of the molecule is CO[C@@H]1[C@@H](O)[C@H]([C@H](O)CO)O[C@@H]1O. The molecule has 0 bridgehead atoms. The molecule has 1 fully saturated rings. The van der Waals surface area contributed by atoms with Crippen LogP contribution in [0, 0.1) is 0 Å². The van der Waals surface area contributed by atoms with Gasteiger partial charge in [-0.15, -0.1) is 0 Å². The van der Waals surface area contributed by atoms with Crippen molar-refractivity contribution in [2.45, 2.75) is 30.7 Å². The van der Waals surface area contributed by atoms with Crippen LogP contribution in [0.2, 0.25) is 0 Å². The van der Waals surface area contributed by atoms with Gasteiger partial charge in [-0.05, 0) is 0 Å². The van der Waals surface area contributed by atoms with Crippen LogP contribution in [0.1, 0.15) is 0 Å². The standard InChI is InChI=1S/C7H14O6/c1-12-6-4(10)5(3(9)2-8)13-7(6)11/h3-11H,2H2,1H3/t3-,4+,5+,6-,7+/m1/s1. The molecule has 1 rings (SSSR count). The molecule has 1 heterocycles. The summed E-state index contributed by atoms with van der Waals surface area (Å²) in [5, 5.41) is 36.4. The summed E-state index contributed by atoms with van der Waals surface area (Å²) in [5.74, 6) is 0. The molecule has 5 atom stereocenters. The quantitative estimate of drug-likeness (QED) is 0.394. The van der Waals surface area contributed by atoms with Gasteiger partial charge >= 0.3 is 0 Å². The normalized spacial score (nSPS) is 42.2.